The van der Waals surface area contributed by atoms with Gasteiger partial charge in [-0.1, -0.05) is 42.5 Å². The summed E-state index contributed by atoms with van der Waals surface area (Å²) in [5.74, 6) is 0.838. The van der Waals surface area contributed by atoms with Gasteiger partial charge in [0.2, 0.25) is 0 Å². The highest BCUT2D eigenvalue weighted by atomic mass is 127. The fraction of sp³-hybridized carbons (Fsp3) is 0.389. The molecular weight excluding hydrogens is 449 g/mol. The minimum absolute atomic E-state index is 0. The van der Waals surface area contributed by atoms with E-state index in [1.807, 2.05) is 25.1 Å². The van der Waals surface area contributed by atoms with Gasteiger partial charge in [0, 0.05) is 25.9 Å². The highest BCUT2D eigenvalue weighted by Gasteiger charge is 2.09. The van der Waals surface area contributed by atoms with Crippen LogP contribution in [0.2, 0.25) is 0 Å². The SMILES string of the molecule is CN=C(NCc1cccc2ccccc12)NC(C)CCS(C)(=O)=O.I. The Morgan fingerprint density at radius 1 is 1.16 bits per heavy atom. The van der Waals surface area contributed by atoms with E-state index in [1.54, 1.807) is 7.05 Å². The summed E-state index contributed by atoms with van der Waals surface area (Å²) in [5, 5.41) is 8.95. The number of sulfone groups is 1. The number of fused-ring (bicyclic) bond motifs is 1. The molecule has 0 bridgehead atoms. The molecule has 0 saturated heterocycles. The summed E-state index contributed by atoms with van der Waals surface area (Å²) in [5.41, 5.74) is 1.19. The minimum atomic E-state index is -2.94. The van der Waals surface area contributed by atoms with E-state index in [2.05, 4.69) is 39.9 Å². The highest BCUT2D eigenvalue weighted by Crippen LogP contribution is 2.18. The number of aliphatic imine (C=N–C) groups is 1. The molecule has 0 spiro atoms. The molecule has 0 radical (unpaired) electrons. The van der Waals surface area contributed by atoms with Gasteiger partial charge in [-0.2, -0.15) is 0 Å². The van der Waals surface area contributed by atoms with Crippen molar-refractivity contribution in [2.45, 2.75) is 25.9 Å². The first-order chi connectivity index (χ1) is 11.4. The first-order valence-electron chi connectivity index (χ1n) is 8.00. The summed E-state index contributed by atoms with van der Waals surface area (Å²) in [4.78, 5) is 4.21. The van der Waals surface area contributed by atoms with E-state index in [0.717, 1.165) is 0 Å². The third-order valence-corrected chi connectivity index (χ3v) is 4.83. The molecule has 2 rings (SSSR count). The molecule has 138 valence electrons. The third kappa shape index (κ3) is 7.19. The molecule has 0 aromatic heterocycles. The summed E-state index contributed by atoms with van der Waals surface area (Å²) < 4.78 is 22.5. The maximum Gasteiger partial charge on any atom is 0.191 e. The lowest BCUT2D eigenvalue weighted by molar-refractivity contribution is 0.581. The van der Waals surface area contributed by atoms with Crippen molar-refractivity contribution in [2.24, 2.45) is 4.99 Å². The van der Waals surface area contributed by atoms with Gasteiger partial charge in [0.1, 0.15) is 9.84 Å². The van der Waals surface area contributed by atoms with Crippen LogP contribution in [0.15, 0.2) is 47.5 Å². The molecule has 0 fully saturated rings. The van der Waals surface area contributed by atoms with Crippen LogP contribution < -0.4 is 10.6 Å². The number of hydrogen-bond donors (Lipinski definition) is 2. The molecule has 2 N–H and O–H groups in total. The van der Waals surface area contributed by atoms with Crippen LogP contribution in [0.4, 0.5) is 0 Å². The van der Waals surface area contributed by atoms with Gasteiger partial charge in [0.25, 0.3) is 0 Å². The van der Waals surface area contributed by atoms with Gasteiger partial charge in [-0.3, -0.25) is 4.99 Å². The summed E-state index contributed by atoms with van der Waals surface area (Å²) in [6.07, 6.45) is 1.81. The van der Waals surface area contributed by atoms with Gasteiger partial charge in [0.15, 0.2) is 5.96 Å². The Labute approximate surface area is 167 Å². The van der Waals surface area contributed by atoms with Crippen LogP contribution in [-0.4, -0.2) is 39.5 Å². The Balaban J connectivity index is 0.00000312. The number of guanidine groups is 1. The van der Waals surface area contributed by atoms with Crippen molar-refractivity contribution in [1.29, 1.82) is 0 Å². The number of rotatable bonds is 6. The number of nitrogens with one attached hydrogen (secondary N) is 2. The summed E-state index contributed by atoms with van der Waals surface area (Å²) in [6, 6.07) is 14.5. The van der Waals surface area contributed by atoms with Gasteiger partial charge in [0.05, 0.1) is 5.75 Å². The first-order valence-corrected chi connectivity index (χ1v) is 10.1. The molecule has 0 aliphatic rings. The molecule has 0 saturated carbocycles. The number of hydrogen-bond acceptors (Lipinski definition) is 3. The van der Waals surface area contributed by atoms with E-state index in [1.165, 1.54) is 22.6 Å². The van der Waals surface area contributed by atoms with Crippen molar-refractivity contribution in [1.82, 2.24) is 10.6 Å². The van der Waals surface area contributed by atoms with Crippen LogP contribution >= 0.6 is 24.0 Å². The van der Waals surface area contributed by atoms with Gasteiger partial charge in [-0.25, -0.2) is 8.42 Å². The Bertz CT molecular complexity index is 817. The molecule has 0 amide bonds. The molecule has 0 aliphatic carbocycles. The number of benzene rings is 2. The third-order valence-electron chi connectivity index (χ3n) is 3.85. The largest absolute Gasteiger partial charge is 0.354 e. The van der Waals surface area contributed by atoms with E-state index >= 15 is 0 Å². The van der Waals surface area contributed by atoms with Crippen LogP contribution in [0, 0.1) is 0 Å². The minimum Gasteiger partial charge on any atom is -0.354 e. The maximum atomic E-state index is 11.3. The Hall–Kier alpha value is -1.35. The van der Waals surface area contributed by atoms with Crippen LogP contribution in [-0.2, 0) is 16.4 Å². The highest BCUT2D eigenvalue weighted by molar-refractivity contribution is 14.0. The fourth-order valence-corrected chi connectivity index (χ4v) is 3.30. The van der Waals surface area contributed by atoms with Crippen molar-refractivity contribution in [3.05, 3.63) is 48.0 Å². The van der Waals surface area contributed by atoms with Crippen molar-refractivity contribution in [3.63, 3.8) is 0 Å². The standard InChI is InChI=1S/C18H25N3O2S.HI/c1-14(11-12-24(3,22)23)21-18(19-2)20-13-16-9-6-8-15-7-4-5-10-17(15)16;/h4-10,14H,11-13H2,1-3H3,(H2,19,20,21);1H. The lowest BCUT2D eigenvalue weighted by atomic mass is 10.0. The van der Waals surface area contributed by atoms with Crippen molar-refractivity contribution in [3.8, 4) is 0 Å². The van der Waals surface area contributed by atoms with E-state index in [-0.39, 0.29) is 35.8 Å². The Morgan fingerprint density at radius 3 is 2.52 bits per heavy atom. The second kappa shape index (κ2) is 9.96. The predicted molar refractivity (Wildman–Crippen MR) is 116 cm³/mol. The molecule has 25 heavy (non-hydrogen) atoms. The molecule has 5 nitrogen and oxygen atoms in total. The van der Waals surface area contributed by atoms with Crippen molar-refractivity contribution < 1.29 is 8.42 Å². The normalized spacial score (nSPS) is 13.2. The zero-order valence-electron chi connectivity index (χ0n) is 14.8. The molecule has 7 heteroatoms. The zero-order chi connectivity index (χ0) is 17.6. The molecule has 1 atom stereocenters. The summed E-state index contributed by atoms with van der Waals surface area (Å²) in [7, 11) is -1.23. The van der Waals surface area contributed by atoms with Crippen LogP contribution in [0.5, 0.6) is 0 Å². The smallest absolute Gasteiger partial charge is 0.191 e. The van der Waals surface area contributed by atoms with Crippen LogP contribution in [0.1, 0.15) is 18.9 Å². The maximum absolute atomic E-state index is 11.3. The fourth-order valence-electron chi connectivity index (χ4n) is 2.52. The topological polar surface area (TPSA) is 70.6 Å². The van der Waals surface area contributed by atoms with E-state index < -0.39 is 9.84 Å². The second-order valence-corrected chi connectivity index (χ2v) is 8.29. The second-order valence-electron chi connectivity index (χ2n) is 6.03. The van der Waals surface area contributed by atoms with Gasteiger partial charge in [-0.05, 0) is 29.7 Å². The van der Waals surface area contributed by atoms with Crippen molar-refractivity contribution >= 4 is 50.5 Å². The van der Waals surface area contributed by atoms with Crippen LogP contribution in [0.3, 0.4) is 0 Å². The first kappa shape index (κ1) is 21.7. The number of halogens is 1. The van der Waals surface area contributed by atoms with Gasteiger partial charge in [-0.15, -0.1) is 24.0 Å². The molecule has 1 unspecified atom stereocenters. The van der Waals surface area contributed by atoms with Crippen LogP contribution in [0.25, 0.3) is 10.8 Å². The molecular formula is C18H26IN3O2S. The lowest BCUT2D eigenvalue weighted by Gasteiger charge is -2.18. The monoisotopic (exact) mass is 475 g/mol. The molecule has 0 heterocycles. The average molecular weight is 475 g/mol. The van der Waals surface area contributed by atoms with Crippen molar-refractivity contribution in [2.75, 3.05) is 19.1 Å². The molecule has 2 aromatic rings. The Kier molecular flexibility index (Phi) is 8.64. The zero-order valence-corrected chi connectivity index (χ0v) is 18.0. The van der Waals surface area contributed by atoms with E-state index in [0.29, 0.717) is 18.9 Å². The lowest BCUT2D eigenvalue weighted by Crippen LogP contribution is -2.42. The molecule has 0 aliphatic heterocycles. The summed E-state index contributed by atoms with van der Waals surface area (Å²) in [6.45, 7) is 2.61. The van der Waals surface area contributed by atoms with Gasteiger partial charge >= 0.3 is 0 Å². The van der Waals surface area contributed by atoms with E-state index in [4.69, 9.17) is 0 Å². The number of nitrogens with zero attached hydrogens (tertiary/aromatic N) is 1. The van der Waals surface area contributed by atoms with Gasteiger partial charge < -0.3 is 10.6 Å². The average Bonchev–Trinajstić information content (AvgIpc) is 2.56. The quantitative estimate of drug-likeness (QED) is 0.383. The summed E-state index contributed by atoms with van der Waals surface area (Å²) >= 11 is 0. The molecule has 2 aromatic carbocycles. The Morgan fingerprint density at radius 2 is 1.84 bits per heavy atom. The predicted octanol–water partition coefficient (Wildman–Crippen LogP) is 2.95. The van der Waals surface area contributed by atoms with E-state index in [9.17, 15) is 8.42 Å².